The van der Waals surface area contributed by atoms with Crippen LogP contribution < -0.4 is 0 Å². The van der Waals surface area contributed by atoms with Crippen LogP contribution in [0.1, 0.15) is 66.8 Å². The van der Waals surface area contributed by atoms with Gasteiger partial charge in [0.2, 0.25) is 0 Å². The van der Waals surface area contributed by atoms with Crippen LogP contribution in [0, 0.1) is 13.8 Å². The van der Waals surface area contributed by atoms with Crippen molar-refractivity contribution in [3.05, 3.63) is 34.4 Å². The Kier molecular flexibility index (Phi) is 4.47. The van der Waals surface area contributed by atoms with E-state index < -0.39 is 0 Å². The summed E-state index contributed by atoms with van der Waals surface area (Å²) in [7, 11) is 0. The van der Waals surface area contributed by atoms with E-state index in [0.29, 0.717) is 6.04 Å². The van der Waals surface area contributed by atoms with Gasteiger partial charge in [-0.05, 0) is 94.1 Å². The molecule has 0 radical (unpaired) electrons. The summed E-state index contributed by atoms with van der Waals surface area (Å²) < 4.78 is 0. The molecule has 4 rings (SSSR count). The van der Waals surface area contributed by atoms with Crippen molar-refractivity contribution < 1.29 is 0 Å². The number of fused-ring (bicyclic) bond motifs is 1. The van der Waals surface area contributed by atoms with Crippen LogP contribution in [0.15, 0.2) is 12.1 Å². The van der Waals surface area contributed by atoms with Crippen LogP contribution in [0.25, 0.3) is 0 Å². The molecule has 3 aliphatic rings. The molecule has 2 nitrogen and oxygen atoms in total. The van der Waals surface area contributed by atoms with Gasteiger partial charge in [-0.15, -0.1) is 0 Å². The number of benzene rings is 1. The second kappa shape index (κ2) is 6.57. The van der Waals surface area contributed by atoms with Gasteiger partial charge < -0.3 is 4.90 Å². The minimum absolute atomic E-state index is 0.693. The lowest BCUT2D eigenvalue weighted by molar-refractivity contribution is 0.0885. The first-order chi connectivity index (χ1) is 11.2. The molecule has 2 fully saturated rings. The van der Waals surface area contributed by atoms with Crippen molar-refractivity contribution in [1.29, 1.82) is 0 Å². The number of hydrogen-bond acceptors (Lipinski definition) is 2. The van der Waals surface area contributed by atoms with Gasteiger partial charge in [0, 0.05) is 25.2 Å². The molecule has 0 aromatic heterocycles. The van der Waals surface area contributed by atoms with Crippen molar-refractivity contribution >= 4 is 0 Å². The standard InChI is InChI=1S/C21H32N2/c1-16-8-9-17(2)21-19(16)6-5-7-20(21)23-14-10-18(11-15-23)22-12-3-4-13-22/h8-9,18,20H,3-7,10-15H2,1-2H3. The third kappa shape index (κ3) is 2.96. The van der Waals surface area contributed by atoms with Gasteiger partial charge in [-0.2, -0.15) is 0 Å². The Morgan fingerprint density at radius 3 is 2.22 bits per heavy atom. The highest BCUT2D eigenvalue weighted by atomic mass is 15.2. The first-order valence-electron chi connectivity index (χ1n) is 9.81. The Balaban J connectivity index is 1.49. The molecule has 1 aliphatic carbocycles. The average Bonchev–Trinajstić information content (AvgIpc) is 3.13. The van der Waals surface area contributed by atoms with Gasteiger partial charge in [0.25, 0.3) is 0 Å². The van der Waals surface area contributed by atoms with Gasteiger partial charge in [0.15, 0.2) is 0 Å². The first kappa shape index (κ1) is 15.7. The van der Waals surface area contributed by atoms with E-state index in [0.717, 1.165) is 6.04 Å². The van der Waals surface area contributed by atoms with E-state index in [2.05, 4.69) is 35.8 Å². The predicted octanol–water partition coefficient (Wildman–Crippen LogP) is 4.24. The fraction of sp³-hybridized carbons (Fsp3) is 0.714. The topological polar surface area (TPSA) is 6.48 Å². The molecule has 126 valence electrons. The summed E-state index contributed by atoms with van der Waals surface area (Å²) in [5.41, 5.74) is 6.40. The Morgan fingerprint density at radius 1 is 0.783 bits per heavy atom. The third-order valence-electron chi connectivity index (χ3n) is 6.64. The third-order valence-corrected chi connectivity index (χ3v) is 6.64. The Hall–Kier alpha value is -0.860. The van der Waals surface area contributed by atoms with E-state index in [1.165, 1.54) is 82.3 Å². The van der Waals surface area contributed by atoms with Crippen LogP contribution in [0.5, 0.6) is 0 Å². The number of piperidine rings is 1. The number of aryl methyl sites for hydroxylation is 2. The highest BCUT2D eigenvalue weighted by molar-refractivity contribution is 5.43. The van der Waals surface area contributed by atoms with Crippen LogP contribution in [0.3, 0.4) is 0 Å². The lowest BCUT2D eigenvalue weighted by Gasteiger charge is -2.43. The molecule has 2 aliphatic heterocycles. The zero-order chi connectivity index (χ0) is 15.8. The second-order valence-corrected chi connectivity index (χ2v) is 8.01. The van der Waals surface area contributed by atoms with Crippen LogP contribution in [-0.4, -0.2) is 42.0 Å². The Bertz CT molecular complexity index is 551. The molecule has 0 bridgehead atoms. The van der Waals surface area contributed by atoms with Crippen molar-refractivity contribution in [2.75, 3.05) is 26.2 Å². The Morgan fingerprint density at radius 2 is 1.48 bits per heavy atom. The Labute approximate surface area is 141 Å². The summed E-state index contributed by atoms with van der Waals surface area (Å²) in [5.74, 6) is 0. The van der Waals surface area contributed by atoms with E-state index in [1.54, 1.807) is 11.1 Å². The predicted molar refractivity (Wildman–Crippen MR) is 97.0 cm³/mol. The molecule has 0 N–H and O–H groups in total. The van der Waals surface area contributed by atoms with Gasteiger partial charge in [-0.25, -0.2) is 0 Å². The SMILES string of the molecule is Cc1ccc(C)c2c1CCCC2N1CCC(N2CCCC2)CC1. The zero-order valence-corrected chi connectivity index (χ0v) is 15.0. The summed E-state index contributed by atoms with van der Waals surface area (Å²) in [5, 5.41) is 0. The quantitative estimate of drug-likeness (QED) is 0.806. The summed E-state index contributed by atoms with van der Waals surface area (Å²) >= 11 is 0. The van der Waals surface area contributed by atoms with E-state index in [9.17, 15) is 0 Å². The molecule has 0 spiro atoms. The summed E-state index contributed by atoms with van der Waals surface area (Å²) in [6.45, 7) is 9.95. The van der Waals surface area contributed by atoms with Gasteiger partial charge in [-0.3, -0.25) is 4.90 Å². The van der Waals surface area contributed by atoms with Gasteiger partial charge in [0.1, 0.15) is 0 Å². The maximum Gasteiger partial charge on any atom is 0.0353 e. The molecular formula is C21H32N2. The van der Waals surface area contributed by atoms with Crippen molar-refractivity contribution in [2.24, 2.45) is 0 Å². The van der Waals surface area contributed by atoms with Crippen molar-refractivity contribution in [2.45, 2.75) is 70.9 Å². The molecule has 0 amide bonds. The number of rotatable bonds is 2. The lowest BCUT2D eigenvalue weighted by atomic mass is 9.81. The molecule has 1 aromatic rings. The van der Waals surface area contributed by atoms with Gasteiger partial charge in [0.05, 0.1) is 0 Å². The van der Waals surface area contributed by atoms with Crippen LogP contribution >= 0.6 is 0 Å². The molecule has 23 heavy (non-hydrogen) atoms. The fourth-order valence-corrected chi connectivity index (χ4v) is 5.34. The largest absolute Gasteiger partial charge is 0.300 e. The minimum atomic E-state index is 0.693. The fourth-order valence-electron chi connectivity index (χ4n) is 5.34. The molecule has 1 atom stereocenters. The summed E-state index contributed by atoms with van der Waals surface area (Å²) in [6.07, 6.45) is 9.65. The molecule has 2 heterocycles. The minimum Gasteiger partial charge on any atom is -0.300 e. The van der Waals surface area contributed by atoms with Crippen molar-refractivity contribution in [3.8, 4) is 0 Å². The summed E-state index contributed by atoms with van der Waals surface area (Å²) in [4.78, 5) is 5.58. The van der Waals surface area contributed by atoms with E-state index in [1.807, 2.05) is 0 Å². The van der Waals surface area contributed by atoms with Crippen LogP contribution in [0.2, 0.25) is 0 Å². The van der Waals surface area contributed by atoms with Gasteiger partial charge >= 0.3 is 0 Å². The van der Waals surface area contributed by atoms with E-state index in [-0.39, 0.29) is 0 Å². The highest BCUT2D eigenvalue weighted by Crippen LogP contribution is 2.39. The molecule has 2 saturated heterocycles. The van der Waals surface area contributed by atoms with Crippen molar-refractivity contribution in [1.82, 2.24) is 9.80 Å². The normalized spacial score (nSPS) is 27.3. The number of hydrogen-bond donors (Lipinski definition) is 0. The smallest absolute Gasteiger partial charge is 0.0353 e. The molecule has 1 unspecified atom stereocenters. The van der Waals surface area contributed by atoms with E-state index >= 15 is 0 Å². The molecule has 1 aromatic carbocycles. The van der Waals surface area contributed by atoms with Crippen LogP contribution in [0.4, 0.5) is 0 Å². The second-order valence-electron chi connectivity index (χ2n) is 8.01. The van der Waals surface area contributed by atoms with Gasteiger partial charge in [-0.1, -0.05) is 12.1 Å². The first-order valence-corrected chi connectivity index (χ1v) is 9.81. The van der Waals surface area contributed by atoms with Crippen molar-refractivity contribution in [3.63, 3.8) is 0 Å². The summed E-state index contributed by atoms with van der Waals surface area (Å²) in [6, 6.07) is 6.24. The molecule has 0 saturated carbocycles. The number of nitrogens with zero attached hydrogens (tertiary/aromatic N) is 2. The van der Waals surface area contributed by atoms with E-state index in [4.69, 9.17) is 0 Å². The lowest BCUT2D eigenvalue weighted by Crippen LogP contribution is -2.45. The monoisotopic (exact) mass is 312 g/mol. The molecule has 2 heteroatoms. The zero-order valence-electron chi connectivity index (χ0n) is 15.0. The van der Waals surface area contributed by atoms with Crippen LogP contribution in [-0.2, 0) is 6.42 Å². The average molecular weight is 313 g/mol. The highest BCUT2D eigenvalue weighted by Gasteiger charge is 2.32. The molecular weight excluding hydrogens is 280 g/mol. The maximum absolute atomic E-state index is 2.82. The number of likely N-dealkylation sites (tertiary alicyclic amines) is 2. The maximum atomic E-state index is 2.82.